The van der Waals surface area contributed by atoms with Crippen molar-refractivity contribution in [2.75, 3.05) is 19.7 Å². The SMILES string of the molecule is CCC1CCCN(C(=O)c2ccc(C#CCO)c(C)c2)C1. The fraction of sp³-hybridized carbons (Fsp3) is 0.500. The van der Waals surface area contributed by atoms with Gasteiger partial charge in [-0.3, -0.25) is 4.79 Å². The van der Waals surface area contributed by atoms with E-state index < -0.39 is 0 Å². The summed E-state index contributed by atoms with van der Waals surface area (Å²) in [6.07, 6.45) is 3.47. The molecule has 1 unspecified atom stereocenters. The van der Waals surface area contributed by atoms with Crippen LogP contribution in [0.5, 0.6) is 0 Å². The minimum atomic E-state index is -0.147. The van der Waals surface area contributed by atoms with Gasteiger partial charge in [-0.15, -0.1) is 0 Å². The van der Waals surface area contributed by atoms with Crippen LogP contribution in [0.15, 0.2) is 18.2 Å². The molecular formula is C18H23NO2. The molecule has 0 spiro atoms. The number of likely N-dealkylation sites (tertiary alicyclic amines) is 1. The summed E-state index contributed by atoms with van der Waals surface area (Å²) in [5.41, 5.74) is 2.58. The fourth-order valence-electron chi connectivity index (χ4n) is 2.84. The van der Waals surface area contributed by atoms with Crippen molar-refractivity contribution in [2.45, 2.75) is 33.1 Å². The van der Waals surface area contributed by atoms with Crippen molar-refractivity contribution < 1.29 is 9.90 Å². The number of aryl methyl sites for hydroxylation is 1. The Kier molecular flexibility index (Phi) is 5.41. The Morgan fingerprint density at radius 2 is 2.29 bits per heavy atom. The van der Waals surface area contributed by atoms with Crippen LogP contribution >= 0.6 is 0 Å². The van der Waals surface area contributed by atoms with E-state index in [2.05, 4.69) is 18.8 Å². The molecule has 2 rings (SSSR count). The van der Waals surface area contributed by atoms with Gasteiger partial charge in [-0.2, -0.15) is 0 Å². The Morgan fingerprint density at radius 1 is 1.48 bits per heavy atom. The summed E-state index contributed by atoms with van der Waals surface area (Å²) in [4.78, 5) is 14.6. The van der Waals surface area contributed by atoms with E-state index in [1.165, 1.54) is 6.42 Å². The first-order valence-electron chi connectivity index (χ1n) is 7.65. The smallest absolute Gasteiger partial charge is 0.253 e. The number of carbonyl (C=O) groups is 1. The van der Waals surface area contributed by atoms with Gasteiger partial charge in [0.15, 0.2) is 0 Å². The number of hydrogen-bond acceptors (Lipinski definition) is 2. The minimum Gasteiger partial charge on any atom is -0.384 e. The van der Waals surface area contributed by atoms with Gasteiger partial charge in [0.1, 0.15) is 6.61 Å². The minimum absolute atomic E-state index is 0.123. The standard InChI is InChI=1S/C18H23NO2/c1-3-15-6-4-10-19(13-15)18(21)17-9-8-16(7-5-11-20)14(2)12-17/h8-9,12,15,20H,3-4,6,10-11,13H2,1-2H3. The van der Waals surface area contributed by atoms with Crippen molar-refractivity contribution >= 4 is 5.91 Å². The highest BCUT2D eigenvalue weighted by Crippen LogP contribution is 2.21. The number of carbonyl (C=O) groups excluding carboxylic acids is 1. The molecule has 1 N–H and O–H groups in total. The van der Waals surface area contributed by atoms with Crippen LogP contribution < -0.4 is 0 Å². The van der Waals surface area contributed by atoms with Crippen LogP contribution in [0, 0.1) is 24.7 Å². The first-order valence-corrected chi connectivity index (χ1v) is 7.65. The predicted molar refractivity (Wildman–Crippen MR) is 84.1 cm³/mol. The summed E-state index contributed by atoms with van der Waals surface area (Å²) in [5, 5.41) is 8.75. The maximum Gasteiger partial charge on any atom is 0.253 e. The third-order valence-electron chi connectivity index (χ3n) is 4.16. The molecule has 3 heteroatoms. The molecule has 1 fully saturated rings. The Balaban J connectivity index is 2.14. The lowest BCUT2D eigenvalue weighted by Gasteiger charge is -2.32. The summed E-state index contributed by atoms with van der Waals surface area (Å²) in [6, 6.07) is 5.61. The van der Waals surface area contributed by atoms with Crippen molar-refractivity contribution in [1.29, 1.82) is 0 Å². The van der Waals surface area contributed by atoms with Gasteiger partial charge in [0.25, 0.3) is 5.91 Å². The Labute approximate surface area is 127 Å². The molecule has 3 nitrogen and oxygen atoms in total. The van der Waals surface area contributed by atoms with Gasteiger partial charge in [-0.1, -0.05) is 25.2 Å². The number of benzene rings is 1. The van der Waals surface area contributed by atoms with Gasteiger partial charge in [0.2, 0.25) is 0 Å². The van der Waals surface area contributed by atoms with Crippen molar-refractivity contribution in [1.82, 2.24) is 4.90 Å². The fourth-order valence-corrected chi connectivity index (χ4v) is 2.84. The molecule has 0 bridgehead atoms. The van der Waals surface area contributed by atoms with Crippen LogP contribution in [0.4, 0.5) is 0 Å². The predicted octanol–water partition coefficient (Wildman–Crippen LogP) is 2.60. The number of nitrogens with zero attached hydrogens (tertiary/aromatic N) is 1. The maximum atomic E-state index is 12.6. The topological polar surface area (TPSA) is 40.5 Å². The molecule has 112 valence electrons. The zero-order chi connectivity index (χ0) is 15.2. The van der Waals surface area contributed by atoms with E-state index in [-0.39, 0.29) is 12.5 Å². The van der Waals surface area contributed by atoms with Gasteiger partial charge in [-0.05, 0) is 49.4 Å². The molecule has 1 atom stereocenters. The number of aliphatic hydroxyl groups is 1. The summed E-state index contributed by atoms with van der Waals surface area (Å²) in [5.74, 6) is 6.30. The van der Waals surface area contributed by atoms with E-state index in [9.17, 15) is 4.79 Å². The van der Waals surface area contributed by atoms with E-state index in [0.29, 0.717) is 5.92 Å². The van der Waals surface area contributed by atoms with Gasteiger partial charge in [0, 0.05) is 24.2 Å². The molecule has 1 aromatic rings. The average Bonchev–Trinajstić information content (AvgIpc) is 2.53. The Bertz CT molecular complexity index is 568. The number of hydrogen-bond donors (Lipinski definition) is 1. The van der Waals surface area contributed by atoms with Crippen LogP contribution in [-0.2, 0) is 0 Å². The zero-order valence-electron chi connectivity index (χ0n) is 12.9. The molecule has 1 aliphatic heterocycles. The maximum absolute atomic E-state index is 12.6. The van der Waals surface area contributed by atoms with E-state index in [0.717, 1.165) is 42.6 Å². The van der Waals surface area contributed by atoms with Gasteiger partial charge < -0.3 is 10.0 Å². The lowest BCUT2D eigenvalue weighted by atomic mass is 9.95. The normalized spacial score (nSPS) is 18.0. The van der Waals surface area contributed by atoms with Gasteiger partial charge in [-0.25, -0.2) is 0 Å². The van der Waals surface area contributed by atoms with E-state index in [4.69, 9.17) is 5.11 Å². The third kappa shape index (κ3) is 3.86. The Morgan fingerprint density at radius 3 is 2.95 bits per heavy atom. The largest absolute Gasteiger partial charge is 0.384 e. The molecule has 1 amide bonds. The van der Waals surface area contributed by atoms with Crippen molar-refractivity contribution in [2.24, 2.45) is 5.92 Å². The molecule has 0 aliphatic carbocycles. The van der Waals surface area contributed by atoms with E-state index >= 15 is 0 Å². The third-order valence-corrected chi connectivity index (χ3v) is 4.16. The quantitative estimate of drug-likeness (QED) is 0.849. The summed E-state index contributed by atoms with van der Waals surface area (Å²) >= 11 is 0. The highest BCUT2D eigenvalue weighted by atomic mass is 16.2. The molecule has 0 saturated carbocycles. The number of rotatable bonds is 2. The lowest BCUT2D eigenvalue weighted by molar-refractivity contribution is 0.0671. The lowest BCUT2D eigenvalue weighted by Crippen LogP contribution is -2.39. The molecule has 1 aromatic carbocycles. The number of aliphatic hydroxyl groups excluding tert-OH is 1. The van der Waals surface area contributed by atoms with Crippen LogP contribution in [0.2, 0.25) is 0 Å². The van der Waals surface area contributed by atoms with Crippen LogP contribution in [0.25, 0.3) is 0 Å². The number of amides is 1. The monoisotopic (exact) mass is 285 g/mol. The molecule has 0 aromatic heterocycles. The van der Waals surface area contributed by atoms with Crippen molar-refractivity contribution in [3.05, 3.63) is 34.9 Å². The molecule has 21 heavy (non-hydrogen) atoms. The second kappa shape index (κ2) is 7.28. The van der Waals surface area contributed by atoms with Gasteiger partial charge in [0.05, 0.1) is 0 Å². The van der Waals surface area contributed by atoms with Gasteiger partial charge >= 0.3 is 0 Å². The second-order valence-electron chi connectivity index (χ2n) is 5.66. The summed E-state index contributed by atoms with van der Waals surface area (Å²) in [7, 11) is 0. The van der Waals surface area contributed by atoms with Crippen molar-refractivity contribution in [3.8, 4) is 11.8 Å². The first kappa shape index (κ1) is 15.6. The van der Waals surface area contributed by atoms with Crippen LogP contribution in [0.3, 0.4) is 0 Å². The average molecular weight is 285 g/mol. The van der Waals surface area contributed by atoms with Crippen LogP contribution in [0.1, 0.15) is 47.7 Å². The van der Waals surface area contributed by atoms with Crippen LogP contribution in [-0.4, -0.2) is 35.6 Å². The van der Waals surface area contributed by atoms with E-state index in [1.807, 2.05) is 30.0 Å². The van der Waals surface area contributed by atoms with E-state index in [1.54, 1.807) is 0 Å². The highest BCUT2D eigenvalue weighted by Gasteiger charge is 2.23. The summed E-state index contributed by atoms with van der Waals surface area (Å²) < 4.78 is 0. The van der Waals surface area contributed by atoms with Crippen molar-refractivity contribution in [3.63, 3.8) is 0 Å². The summed E-state index contributed by atoms with van der Waals surface area (Å²) in [6.45, 7) is 5.73. The highest BCUT2D eigenvalue weighted by molar-refractivity contribution is 5.94. The molecule has 0 radical (unpaired) electrons. The second-order valence-corrected chi connectivity index (χ2v) is 5.66. The Hall–Kier alpha value is -1.79. The molecule has 1 saturated heterocycles. The first-order chi connectivity index (χ1) is 10.2. The number of piperidine rings is 1. The molecule has 1 heterocycles. The molecular weight excluding hydrogens is 262 g/mol. The zero-order valence-corrected chi connectivity index (χ0v) is 12.9. The molecule has 1 aliphatic rings.